The molecule has 108 valence electrons. The van der Waals surface area contributed by atoms with E-state index in [1.165, 1.54) is 30.4 Å². The second kappa shape index (κ2) is 6.00. The summed E-state index contributed by atoms with van der Waals surface area (Å²) in [5, 5.41) is 6.29. The summed E-state index contributed by atoms with van der Waals surface area (Å²) < 4.78 is 31.2. The van der Waals surface area contributed by atoms with E-state index in [1.54, 1.807) is 0 Å². The number of aromatic nitrogens is 2. The molecule has 1 aromatic rings. The quantitative estimate of drug-likeness (QED) is 0.651. The predicted octanol–water partition coefficient (Wildman–Crippen LogP) is -0.0845. The van der Waals surface area contributed by atoms with E-state index in [0.717, 1.165) is 6.61 Å². The Kier molecular flexibility index (Phi) is 4.56. The first-order valence-corrected chi connectivity index (χ1v) is 7.76. The summed E-state index contributed by atoms with van der Waals surface area (Å²) in [4.78, 5) is 0. The van der Waals surface area contributed by atoms with Crippen molar-refractivity contribution in [3.05, 3.63) is 11.8 Å². The maximum absolute atomic E-state index is 12.3. The van der Waals surface area contributed by atoms with Gasteiger partial charge in [-0.05, 0) is 18.8 Å². The second-order valence-corrected chi connectivity index (χ2v) is 6.76. The molecule has 7 nitrogen and oxygen atoms in total. The Morgan fingerprint density at radius 2 is 2.32 bits per heavy atom. The van der Waals surface area contributed by atoms with Gasteiger partial charge in [-0.25, -0.2) is 8.42 Å². The first kappa shape index (κ1) is 14.4. The average Bonchev–Trinajstić information content (AvgIpc) is 3.07. The van der Waals surface area contributed by atoms with Crippen LogP contribution < -0.4 is 5.73 Å². The van der Waals surface area contributed by atoms with E-state index in [-0.39, 0.29) is 11.6 Å². The fourth-order valence-corrected chi connectivity index (χ4v) is 2.93. The van der Waals surface area contributed by atoms with Crippen molar-refractivity contribution in [2.45, 2.75) is 24.4 Å². The number of nitrogens with two attached hydrogens (primary N) is 1. The average molecular weight is 288 g/mol. The molecule has 0 atom stereocenters. The van der Waals surface area contributed by atoms with Gasteiger partial charge in [0.25, 0.3) is 10.0 Å². The van der Waals surface area contributed by atoms with Gasteiger partial charge in [-0.2, -0.15) is 9.40 Å². The van der Waals surface area contributed by atoms with Crippen LogP contribution in [0.2, 0.25) is 0 Å². The number of H-pyrrole nitrogens is 1. The van der Waals surface area contributed by atoms with E-state index in [2.05, 4.69) is 10.2 Å². The van der Waals surface area contributed by atoms with Gasteiger partial charge in [-0.1, -0.05) is 0 Å². The third kappa shape index (κ3) is 3.53. The van der Waals surface area contributed by atoms with Gasteiger partial charge in [0.2, 0.25) is 0 Å². The van der Waals surface area contributed by atoms with E-state index in [0.29, 0.717) is 24.6 Å². The van der Waals surface area contributed by atoms with Crippen LogP contribution in [0, 0.1) is 5.92 Å². The minimum Gasteiger partial charge on any atom is -0.380 e. The number of hydrogen-bond donors (Lipinski definition) is 2. The van der Waals surface area contributed by atoms with Crippen LogP contribution in [0.4, 0.5) is 0 Å². The van der Waals surface area contributed by atoms with Crippen LogP contribution >= 0.6 is 0 Å². The molecule has 1 aliphatic carbocycles. The highest BCUT2D eigenvalue weighted by molar-refractivity contribution is 7.89. The molecule has 0 amide bonds. The molecule has 0 saturated heterocycles. The predicted molar refractivity (Wildman–Crippen MR) is 69.8 cm³/mol. The van der Waals surface area contributed by atoms with E-state index < -0.39 is 10.0 Å². The van der Waals surface area contributed by atoms with Crippen molar-refractivity contribution in [3.8, 4) is 0 Å². The molecule has 0 bridgehead atoms. The Bertz CT molecular complexity index is 510. The molecule has 8 heteroatoms. The van der Waals surface area contributed by atoms with Crippen molar-refractivity contribution < 1.29 is 13.2 Å². The third-order valence-electron chi connectivity index (χ3n) is 3.17. The monoisotopic (exact) mass is 288 g/mol. The lowest BCUT2D eigenvalue weighted by Crippen LogP contribution is -2.31. The molecule has 0 radical (unpaired) electrons. The zero-order valence-corrected chi connectivity index (χ0v) is 11.8. The van der Waals surface area contributed by atoms with Crippen LogP contribution in [0.15, 0.2) is 11.2 Å². The van der Waals surface area contributed by atoms with E-state index in [1.807, 2.05) is 0 Å². The molecule has 2 rings (SSSR count). The van der Waals surface area contributed by atoms with Crippen LogP contribution in [-0.2, 0) is 21.3 Å². The molecule has 1 saturated carbocycles. The lowest BCUT2D eigenvalue weighted by molar-refractivity contribution is 0.117. The Hall–Kier alpha value is -0.960. The maximum Gasteiger partial charge on any atom is 0.260 e. The van der Waals surface area contributed by atoms with Gasteiger partial charge in [0.15, 0.2) is 5.03 Å². The Morgan fingerprint density at radius 1 is 1.58 bits per heavy atom. The highest BCUT2D eigenvalue weighted by atomic mass is 32.2. The fraction of sp³-hybridized carbons (Fsp3) is 0.727. The zero-order chi connectivity index (χ0) is 13.9. The van der Waals surface area contributed by atoms with Crippen molar-refractivity contribution in [2.24, 2.45) is 11.7 Å². The number of nitrogens with one attached hydrogen (secondary N) is 1. The fourth-order valence-electron chi connectivity index (χ4n) is 1.67. The van der Waals surface area contributed by atoms with Crippen LogP contribution in [0.25, 0.3) is 0 Å². The van der Waals surface area contributed by atoms with Crippen molar-refractivity contribution in [1.82, 2.24) is 14.5 Å². The topological polar surface area (TPSA) is 101 Å². The highest BCUT2D eigenvalue weighted by Crippen LogP contribution is 2.28. The standard InChI is InChI=1S/C11H20N4O3S/c1-15(4-5-18-8-9-2-3-9)19(16,17)11-10(6-12)7-13-14-11/h7,9H,2-6,8,12H2,1H3,(H,13,14). The van der Waals surface area contributed by atoms with Crippen LogP contribution in [0.5, 0.6) is 0 Å². The number of aromatic amines is 1. The van der Waals surface area contributed by atoms with E-state index >= 15 is 0 Å². The Balaban J connectivity index is 1.90. The molecule has 0 unspecified atom stereocenters. The normalized spacial score (nSPS) is 16.2. The molecule has 1 heterocycles. The van der Waals surface area contributed by atoms with Gasteiger partial charge in [0.1, 0.15) is 0 Å². The lowest BCUT2D eigenvalue weighted by Gasteiger charge is -2.16. The molecular formula is C11H20N4O3S. The van der Waals surface area contributed by atoms with Gasteiger partial charge in [0.05, 0.1) is 12.8 Å². The van der Waals surface area contributed by atoms with Gasteiger partial charge >= 0.3 is 0 Å². The van der Waals surface area contributed by atoms with Crippen LogP contribution in [0.1, 0.15) is 18.4 Å². The van der Waals surface area contributed by atoms with E-state index in [4.69, 9.17) is 10.5 Å². The number of nitrogens with zero attached hydrogens (tertiary/aromatic N) is 2. The molecular weight excluding hydrogens is 268 g/mol. The molecule has 3 N–H and O–H groups in total. The van der Waals surface area contributed by atoms with Gasteiger partial charge in [0, 0.05) is 32.3 Å². The number of hydrogen-bond acceptors (Lipinski definition) is 5. The first-order valence-electron chi connectivity index (χ1n) is 6.32. The third-order valence-corrected chi connectivity index (χ3v) is 5.04. The van der Waals surface area contributed by atoms with Crippen molar-refractivity contribution in [3.63, 3.8) is 0 Å². The molecule has 1 fully saturated rings. The largest absolute Gasteiger partial charge is 0.380 e. The molecule has 0 aromatic carbocycles. The summed E-state index contributed by atoms with van der Waals surface area (Å²) in [7, 11) is -2.04. The van der Waals surface area contributed by atoms with Crippen LogP contribution in [-0.4, -0.2) is 49.7 Å². The number of rotatable bonds is 8. The Labute approximate surface area is 113 Å². The van der Waals surface area contributed by atoms with Gasteiger partial charge < -0.3 is 10.5 Å². The minimum absolute atomic E-state index is 0.0692. The zero-order valence-electron chi connectivity index (χ0n) is 11.0. The summed E-state index contributed by atoms with van der Waals surface area (Å²) >= 11 is 0. The summed E-state index contributed by atoms with van der Waals surface area (Å²) in [5.74, 6) is 0.679. The molecule has 1 aromatic heterocycles. The molecule has 0 aliphatic heterocycles. The van der Waals surface area contributed by atoms with Crippen LogP contribution in [0.3, 0.4) is 0 Å². The highest BCUT2D eigenvalue weighted by Gasteiger charge is 2.26. The SMILES string of the molecule is CN(CCOCC1CC1)S(=O)(=O)c1[nH]ncc1CN. The van der Waals surface area contributed by atoms with Gasteiger partial charge in [-0.15, -0.1) is 0 Å². The first-order chi connectivity index (χ1) is 9.05. The number of likely N-dealkylation sites (N-methyl/N-ethyl adjacent to an activating group) is 1. The Morgan fingerprint density at radius 3 is 2.95 bits per heavy atom. The molecule has 1 aliphatic rings. The summed E-state index contributed by atoms with van der Waals surface area (Å²) in [5.41, 5.74) is 5.98. The molecule has 19 heavy (non-hydrogen) atoms. The summed E-state index contributed by atoms with van der Waals surface area (Å²) in [6.07, 6.45) is 3.88. The van der Waals surface area contributed by atoms with Crippen molar-refractivity contribution in [2.75, 3.05) is 26.8 Å². The van der Waals surface area contributed by atoms with E-state index in [9.17, 15) is 8.42 Å². The van der Waals surface area contributed by atoms with Crippen molar-refractivity contribution >= 4 is 10.0 Å². The minimum atomic E-state index is -3.57. The van der Waals surface area contributed by atoms with Crippen molar-refractivity contribution in [1.29, 1.82) is 0 Å². The summed E-state index contributed by atoms with van der Waals surface area (Å²) in [6, 6.07) is 0. The summed E-state index contributed by atoms with van der Waals surface area (Å²) in [6.45, 7) is 1.58. The van der Waals surface area contributed by atoms with Gasteiger partial charge in [-0.3, -0.25) is 5.10 Å². The molecule has 0 spiro atoms. The smallest absolute Gasteiger partial charge is 0.260 e. The number of sulfonamides is 1. The lowest BCUT2D eigenvalue weighted by atomic mass is 10.4. The number of ether oxygens (including phenoxy) is 1. The maximum atomic E-state index is 12.3. The second-order valence-electron chi connectivity index (χ2n) is 4.77.